The van der Waals surface area contributed by atoms with E-state index in [1.165, 1.54) is 15.8 Å². The molecule has 1 N–H and O–H groups in total. The maximum absolute atomic E-state index is 9.67. The van der Waals surface area contributed by atoms with Gasteiger partial charge in [0.2, 0.25) is 0 Å². The summed E-state index contributed by atoms with van der Waals surface area (Å²) in [5, 5.41) is 10.8. The minimum atomic E-state index is 0.198. The Balaban J connectivity index is 1.74. The first-order chi connectivity index (χ1) is 10.2. The van der Waals surface area contributed by atoms with Gasteiger partial charge in [-0.25, -0.2) is 4.98 Å². The number of aliphatic hydroxyl groups is 1. The van der Waals surface area contributed by atoms with Gasteiger partial charge in [0.05, 0.1) is 15.2 Å². The van der Waals surface area contributed by atoms with Crippen LogP contribution in [-0.4, -0.2) is 16.7 Å². The Labute approximate surface area is 129 Å². The molecule has 0 saturated heterocycles. The number of nitrogens with zero attached hydrogens (tertiary/aromatic N) is 1. The lowest BCUT2D eigenvalue weighted by molar-refractivity contribution is 0.225. The molecule has 108 valence electrons. The van der Waals surface area contributed by atoms with E-state index in [1.54, 1.807) is 11.3 Å². The largest absolute Gasteiger partial charge is 0.396 e. The molecule has 21 heavy (non-hydrogen) atoms. The minimum Gasteiger partial charge on any atom is -0.396 e. The topological polar surface area (TPSA) is 33.1 Å². The van der Waals surface area contributed by atoms with Crippen molar-refractivity contribution in [2.75, 3.05) is 6.61 Å². The highest BCUT2D eigenvalue weighted by molar-refractivity contribution is 7.18. The molecule has 3 rings (SSSR count). The predicted molar refractivity (Wildman–Crippen MR) is 88.8 cm³/mol. The van der Waals surface area contributed by atoms with Gasteiger partial charge in [-0.15, -0.1) is 11.3 Å². The predicted octanol–water partition coefficient (Wildman–Crippen LogP) is 4.00. The Morgan fingerprint density at radius 1 is 1.10 bits per heavy atom. The Morgan fingerprint density at radius 2 is 1.95 bits per heavy atom. The molecule has 0 radical (unpaired) electrons. The van der Waals surface area contributed by atoms with Gasteiger partial charge in [0, 0.05) is 13.0 Å². The Hall–Kier alpha value is -1.71. The highest BCUT2D eigenvalue weighted by atomic mass is 32.1. The normalized spacial score (nSPS) is 12.7. The van der Waals surface area contributed by atoms with Gasteiger partial charge in [0.15, 0.2) is 0 Å². The SMILES string of the molecule is Cc1cccc(CC(CO)Cc2nc3ccccc3s2)c1. The molecule has 0 aliphatic carbocycles. The smallest absolute Gasteiger partial charge is 0.0942 e. The summed E-state index contributed by atoms with van der Waals surface area (Å²) in [6.45, 7) is 2.30. The average Bonchev–Trinajstić information content (AvgIpc) is 2.89. The molecule has 2 nitrogen and oxygen atoms in total. The summed E-state index contributed by atoms with van der Waals surface area (Å²) < 4.78 is 1.22. The molecule has 0 saturated carbocycles. The van der Waals surface area contributed by atoms with Crippen LogP contribution in [0.1, 0.15) is 16.1 Å². The molecule has 1 atom stereocenters. The van der Waals surface area contributed by atoms with Crippen LogP contribution in [-0.2, 0) is 12.8 Å². The molecular formula is C18H19NOS. The van der Waals surface area contributed by atoms with Crippen molar-refractivity contribution < 1.29 is 5.11 Å². The number of fused-ring (bicyclic) bond motifs is 1. The molecular weight excluding hydrogens is 278 g/mol. The van der Waals surface area contributed by atoms with E-state index >= 15 is 0 Å². The summed E-state index contributed by atoms with van der Waals surface area (Å²) in [5.74, 6) is 0.229. The van der Waals surface area contributed by atoms with Crippen molar-refractivity contribution in [3.05, 3.63) is 64.7 Å². The fourth-order valence-corrected chi connectivity index (χ4v) is 3.71. The van der Waals surface area contributed by atoms with Gasteiger partial charge < -0.3 is 5.11 Å². The Kier molecular flexibility index (Phi) is 4.32. The number of aryl methyl sites for hydroxylation is 1. The number of aromatic nitrogens is 1. The van der Waals surface area contributed by atoms with Crippen LogP contribution in [0.25, 0.3) is 10.2 Å². The maximum atomic E-state index is 9.67. The van der Waals surface area contributed by atoms with E-state index in [2.05, 4.69) is 42.2 Å². The zero-order valence-corrected chi connectivity index (χ0v) is 12.9. The van der Waals surface area contributed by atoms with Crippen LogP contribution >= 0.6 is 11.3 Å². The summed E-state index contributed by atoms with van der Waals surface area (Å²) in [7, 11) is 0. The summed E-state index contributed by atoms with van der Waals surface area (Å²) >= 11 is 1.73. The number of aliphatic hydroxyl groups excluding tert-OH is 1. The quantitative estimate of drug-likeness (QED) is 0.772. The standard InChI is InChI=1S/C18H19NOS/c1-13-5-4-6-14(9-13)10-15(12-20)11-18-19-16-7-2-3-8-17(16)21-18/h2-9,15,20H,10-12H2,1H3. The van der Waals surface area contributed by atoms with E-state index in [0.29, 0.717) is 0 Å². The number of para-hydroxylation sites is 1. The van der Waals surface area contributed by atoms with E-state index in [0.717, 1.165) is 23.4 Å². The maximum Gasteiger partial charge on any atom is 0.0942 e. The summed E-state index contributed by atoms with van der Waals surface area (Å²) in [4.78, 5) is 4.67. The number of rotatable bonds is 5. The lowest BCUT2D eigenvalue weighted by Crippen LogP contribution is -2.12. The van der Waals surface area contributed by atoms with Gasteiger partial charge >= 0.3 is 0 Å². The summed E-state index contributed by atoms with van der Waals surface area (Å²) in [6, 6.07) is 16.7. The van der Waals surface area contributed by atoms with E-state index < -0.39 is 0 Å². The van der Waals surface area contributed by atoms with Gasteiger partial charge in [-0.1, -0.05) is 42.0 Å². The van der Waals surface area contributed by atoms with Crippen LogP contribution in [0.2, 0.25) is 0 Å². The number of thiazole rings is 1. The van der Waals surface area contributed by atoms with E-state index in [4.69, 9.17) is 0 Å². The van der Waals surface area contributed by atoms with Crippen molar-refractivity contribution in [3.8, 4) is 0 Å². The minimum absolute atomic E-state index is 0.198. The van der Waals surface area contributed by atoms with Crippen LogP contribution in [0, 0.1) is 12.8 Å². The van der Waals surface area contributed by atoms with Crippen molar-refractivity contribution in [2.45, 2.75) is 19.8 Å². The second-order valence-electron chi connectivity index (χ2n) is 5.52. The zero-order chi connectivity index (χ0) is 14.7. The summed E-state index contributed by atoms with van der Waals surface area (Å²) in [5.41, 5.74) is 3.61. The fraction of sp³-hybridized carbons (Fsp3) is 0.278. The highest BCUT2D eigenvalue weighted by Crippen LogP contribution is 2.24. The van der Waals surface area contributed by atoms with Crippen LogP contribution in [0.3, 0.4) is 0 Å². The zero-order valence-electron chi connectivity index (χ0n) is 12.1. The molecule has 2 aromatic carbocycles. The second kappa shape index (κ2) is 6.37. The van der Waals surface area contributed by atoms with E-state index in [9.17, 15) is 5.11 Å². The van der Waals surface area contributed by atoms with Gasteiger partial charge in [-0.05, 0) is 37.0 Å². The third-order valence-electron chi connectivity index (χ3n) is 3.67. The molecule has 3 aromatic rings. The molecule has 1 unspecified atom stereocenters. The van der Waals surface area contributed by atoms with Gasteiger partial charge in [-0.2, -0.15) is 0 Å². The van der Waals surface area contributed by atoms with Crippen molar-refractivity contribution in [3.63, 3.8) is 0 Å². The van der Waals surface area contributed by atoms with Gasteiger partial charge in [-0.3, -0.25) is 0 Å². The first kappa shape index (κ1) is 14.2. The molecule has 0 aliphatic heterocycles. The molecule has 0 bridgehead atoms. The van der Waals surface area contributed by atoms with Crippen LogP contribution in [0.4, 0.5) is 0 Å². The summed E-state index contributed by atoms with van der Waals surface area (Å²) in [6.07, 6.45) is 1.73. The number of hydrogen-bond acceptors (Lipinski definition) is 3. The first-order valence-corrected chi connectivity index (χ1v) is 8.07. The Morgan fingerprint density at radius 3 is 2.71 bits per heavy atom. The van der Waals surface area contributed by atoms with Crippen LogP contribution in [0.15, 0.2) is 48.5 Å². The third kappa shape index (κ3) is 3.49. The van der Waals surface area contributed by atoms with Gasteiger partial charge in [0.25, 0.3) is 0 Å². The van der Waals surface area contributed by atoms with Crippen LogP contribution < -0.4 is 0 Å². The molecule has 3 heteroatoms. The third-order valence-corrected chi connectivity index (χ3v) is 4.73. The molecule has 0 amide bonds. The molecule has 1 aromatic heterocycles. The molecule has 1 heterocycles. The molecule has 0 spiro atoms. The lowest BCUT2D eigenvalue weighted by Gasteiger charge is -2.13. The van der Waals surface area contributed by atoms with Gasteiger partial charge in [0.1, 0.15) is 0 Å². The van der Waals surface area contributed by atoms with Crippen LogP contribution in [0.5, 0.6) is 0 Å². The number of benzene rings is 2. The lowest BCUT2D eigenvalue weighted by atomic mass is 9.96. The molecule has 0 aliphatic rings. The van der Waals surface area contributed by atoms with Crippen molar-refractivity contribution >= 4 is 21.6 Å². The van der Waals surface area contributed by atoms with E-state index in [1.807, 2.05) is 18.2 Å². The second-order valence-corrected chi connectivity index (χ2v) is 6.64. The van der Waals surface area contributed by atoms with Crippen molar-refractivity contribution in [1.29, 1.82) is 0 Å². The van der Waals surface area contributed by atoms with Crippen molar-refractivity contribution in [1.82, 2.24) is 4.98 Å². The fourth-order valence-electron chi connectivity index (χ4n) is 2.63. The average molecular weight is 297 g/mol. The van der Waals surface area contributed by atoms with E-state index in [-0.39, 0.29) is 12.5 Å². The van der Waals surface area contributed by atoms with Crippen molar-refractivity contribution in [2.24, 2.45) is 5.92 Å². The monoisotopic (exact) mass is 297 g/mol. The molecule has 0 fully saturated rings. The highest BCUT2D eigenvalue weighted by Gasteiger charge is 2.13. The number of hydrogen-bond donors (Lipinski definition) is 1. The Bertz CT molecular complexity index is 702. The first-order valence-electron chi connectivity index (χ1n) is 7.25.